The number of nitrogen functional groups attached to an aromatic ring is 1. The average Bonchev–Trinajstić information content (AvgIpc) is 3.13. The normalized spacial score (nSPS) is 11.5. The molecule has 8 nitrogen and oxygen atoms in total. The van der Waals surface area contributed by atoms with Crippen LogP contribution < -0.4 is 10.5 Å². The number of esters is 1. The van der Waals surface area contributed by atoms with Crippen molar-refractivity contribution in [3.05, 3.63) is 33.2 Å². The molecule has 2 aromatic heterocycles. The first kappa shape index (κ1) is 17.2. The van der Waals surface area contributed by atoms with Gasteiger partial charge in [-0.2, -0.15) is 0 Å². The number of nitrogens with one attached hydrogen (secondary N) is 1. The number of anilines is 1. The van der Waals surface area contributed by atoms with Crippen LogP contribution in [0.3, 0.4) is 0 Å². The van der Waals surface area contributed by atoms with Crippen LogP contribution in [0.25, 0.3) is 10.2 Å². The third-order valence-corrected chi connectivity index (χ3v) is 4.72. The van der Waals surface area contributed by atoms with Crippen LogP contribution in [0.15, 0.2) is 28.7 Å². The SMILES string of the molecule is CC(=O)O/N=C(/C(=O)Oc1cccc2sc(=S)[nH]c12)c1csc(N)n1. The number of hydrogen-bond donors (Lipinski definition) is 2. The molecule has 0 saturated heterocycles. The first-order valence-corrected chi connectivity index (χ1v) is 8.85. The van der Waals surface area contributed by atoms with Crippen LogP contribution in [-0.4, -0.2) is 27.6 Å². The molecule has 0 aliphatic carbocycles. The summed E-state index contributed by atoms with van der Waals surface area (Å²) < 4.78 is 6.79. The molecule has 0 aliphatic rings. The van der Waals surface area contributed by atoms with Gasteiger partial charge in [-0.25, -0.2) is 14.6 Å². The number of rotatable bonds is 4. The van der Waals surface area contributed by atoms with Crippen LogP contribution in [0.5, 0.6) is 5.75 Å². The Bertz CT molecular complexity index is 1050. The fourth-order valence-electron chi connectivity index (χ4n) is 1.87. The quantitative estimate of drug-likeness (QED) is 0.174. The Morgan fingerprint density at radius 3 is 2.88 bits per heavy atom. The first-order chi connectivity index (χ1) is 11.9. The predicted molar refractivity (Wildman–Crippen MR) is 97.5 cm³/mol. The molecule has 0 radical (unpaired) electrons. The number of ether oxygens (including phenoxy) is 1. The number of carbonyl (C=O) groups excluding carboxylic acids is 2. The van der Waals surface area contributed by atoms with Crippen LogP contribution in [-0.2, 0) is 14.4 Å². The summed E-state index contributed by atoms with van der Waals surface area (Å²) in [6, 6.07) is 5.18. The fraction of sp³-hybridized carbons (Fsp3) is 0.0714. The van der Waals surface area contributed by atoms with E-state index in [4.69, 9.17) is 22.7 Å². The monoisotopic (exact) mass is 394 g/mol. The molecule has 2 heterocycles. The van der Waals surface area contributed by atoms with Crippen molar-refractivity contribution >= 4 is 67.9 Å². The molecule has 1 aromatic carbocycles. The van der Waals surface area contributed by atoms with E-state index in [1.165, 1.54) is 16.7 Å². The molecule has 25 heavy (non-hydrogen) atoms. The van der Waals surface area contributed by atoms with Gasteiger partial charge in [0.25, 0.3) is 0 Å². The summed E-state index contributed by atoms with van der Waals surface area (Å²) in [4.78, 5) is 35.0. The van der Waals surface area contributed by atoms with E-state index in [1.807, 2.05) is 6.07 Å². The topological polar surface area (TPSA) is 120 Å². The summed E-state index contributed by atoms with van der Waals surface area (Å²) in [5.74, 6) is -1.25. The van der Waals surface area contributed by atoms with Crippen molar-refractivity contribution in [1.82, 2.24) is 9.97 Å². The molecule has 3 rings (SSSR count). The smallest absolute Gasteiger partial charge is 0.368 e. The highest BCUT2D eigenvalue weighted by Gasteiger charge is 2.22. The van der Waals surface area contributed by atoms with E-state index >= 15 is 0 Å². The number of benzene rings is 1. The second-order valence-electron chi connectivity index (χ2n) is 4.63. The van der Waals surface area contributed by atoms with Crippen molar-refractivity contribution in [2.75, 3.05) is 5.73 Å². The Kier molecular flexibility index (Phi) is 4.88. The third kappa shape index (κ3) is 3.90. The number of oxime groups is 1. The van der Waals surface area contributed by atoms with E-state index in [0.717, 1.165) is 23.0 Å². The lowest BCUT2D eigenvalue weighted by Gasteiger charge is -2.06. The van der Waals surface area contributed by atoms with E-state index in [-0.39, 0.29) is 22.3 Å². The number of hydrogen-bond acceptors (Lipinski definition) is 10. The zero-order valence-corrected chi connectivity index (χ0v) is 15.1. The second-order valence-corrected chi connectivity index (χ2v) is 7.24. The van der Waals surface area contributed by atoms with Gasteiger partial charge in [0.05, 0.1) is 4.70 Å². The van der Waals surface area contributed by atoms with E-state index in [0.29, 0.717) is 9.47 Å². The maximum atomic E-state index is 12.5. The number of para-hydroxylation sites is 1. The van der Waals surface area contributed by atoms with Crippen molar-refractivity contribution in [3.63, 3.8) is 0 Å². The summed E-state index contributed by atoms with van der Waals surface area (Å²) in [6.07, 6.45) is 0. The number of carbonyl (C=O) groups is 2. The molecular weight excluding hydrogens is 384 g/mol. The predicted octanol–water partition coefficient (Wildman–Crippen LogP) is 2.87. The highest BCUT2D eigenvalue weighted by atomic mass is 32.1. The van der Waals surface area contributed by atoms with Crippen molar-refractivity contribution in [2.24, 2.45) is 5.16 Å². The minimum Gasteiger partial charge on any atom is -0.419 e. The van der Waals surface area contributed by atoms with Gasteiger partial charge in [-0.05, 0) is 24.4 Å². The van der Waals surface area contributed by atoms with Crippen molar-refractivity contribution in [1.29, 1.82) is 0 Å². The lowest BCUT2D eigenvalue weighted by atomic mass is 10.3. The Labute approximate surface area is 153 Å². The highest BCUT2D eigenvalue weighted by molar-refractivity contribution is 7.73. The van der Waals surface area contributed by atoms with Crippen molar-refractivity contribution in [3.8, 4) is 5.75 Å². The highest BCUT2D eigenvalue weighted by Crippen LogP contribution is 2.28. The Morgan fingerprint density at radius 2 is 2.20 bits per heavy atom. The first-order valence-electron chi connectivity index (χ1n) is 6.75. The molecule has 0 bridgehead atoms. The van der Waals surface area contributed by atoms with Crippen LogP contribution >= 0.6 is 34.9 Å². The molecule has 0 amide bonds. The average molecular weight is 394 g/mol. The van der Waals surface area contributed by atoms with Crippen molar-refractivity contribution in [2.45, 2.75) is 6.92 Å². The Morgan fingerprint density at radius 1 is 1.40 bits per heavy atom. The number of thiazole rings is 2. The van der Waals surface area contributed by atoms with E-state index in [2.05, 4.69) is 20.0 Å². The minimum atomic E-state index is -0.843. The standard InChI is InChI=1S/C14H10N4O4S3/c1-6(19)22-18-10(7-5-24-13(15)16-7)12(20)21-8-3-2-4-9-11(8)17-14(23)25-9/h2-5H,1H3,(H2,15,16)(H,17,23)/b18-10+. The van der Waals surface area contributed by atoms with E-state index < -0.39 is 11.9 Å². The van der Waals surface area contributed by atoms with Crippen LogP contribution in [0.4, 0.5) is 5.13 Å². The number of nitrogens with zero attached hydrogens (tertiary/aromatic N) is 2. The van der Waals surface area contributed by atoms with Crippen LogP contribution in [0, 0.1) is 3.95 Å². The summed E-state index contributed by atoms with van der Waals surface area (Å²) in [7, 11) is 0. The van der Waals surface area contributed by atoms with E-state index in [1.54, 1.807) is 12.1 Å². The van der Waals surface area contributed by atoms with Crippen LogP contribution in [0.2, 0.25) is 0 Å². The number of nitrogens with two attached hydrogens (primary N) is 1. The molecule has 0 atom stereocenters. The fourth-order valence-corrected chi connectivity index (χ4v) is 3.55. The van der Waals surface area contributed by atoms with Gasteiger partial charge in [0, 0.05) is 12.3 Å². The molecule has 0 unspecified atom stereocenters. The Hall–Kier alpha value is -2.63. The second kappa shape index (κ2) is 7.09. The lowest BCUT2D eigenvalue weighted by molar-refractivity contribution is -0.141. The molecule has 0 fully saturated rings. The van der Waals surface area contributed by atoms with Crippen molar-refractivity contribution < 1.29 is 19.2 Å². The maximum Gasteiger partial charge on any atom is 0.368 e. The molecule has 11 heteroatoms. The van der Waals surface area contributed by atoms with Gasteiger partial charge in [-0.15, -0.1) is 22.7 Å². The summed E-state index contributed by atoms with van der Waals surface area (Å²) in [5, 5.41) is 5.29. The largest absolute Gasteiger partial charge is 0.419 e. The molecular formula is C14H10N4O4S3. The molecule has 128 valence electrons. The number of fused-ring (bicyclic) bond motifs is 1. The van der Waals surface area contributed by atoms with Gasteiger partial charge >= 0.3 is 11.9 Å². The Balaban J connectivity index is 1.95. The summed E-state index contributed by atoms with van der Waals surface area (Å²) in [6.45, 7) is 1.16. The zero-order valence-electron chi connectivity index (χ0n) is 12.6. The molecule has 0 aliphatic heterocycles. The number of aromatic nitrogens is 2. The third-order valence-electron chi connectivity index (χ3n) is 2.84. The summed E-state index contributed by atoms with van der Waals surface area (Å²) in [5.41, 5.74) is 6.06. The van der Waals surface area contributed by atoms with Gasteiger partial charge < -0.3 is 20.3 Å². The lowest BCUT2D eigenvalue weighted by Crippen LogP contribution is -2.23. The van der Waals surface area contributed by atoms with Gasteiger partial charge in [0.1, 0.15) is 11.2 Å². The van der Waals surface area contributed by atoms with E-state index in [9.17, 15) is 9.59 Å². The van der Waals surface area contributed by atoms with Gasteiger partial charge in [-0.3, -0.25) is 0 Å². The maximum absolute atomic E-state index is 12.5. The summed E-state index contributed by atoms with van der Waals surface area (Å²) >= 11 is 7.58. The van der Waals surface area contributed by atoms with Gasteiger partial charge in [-0.1, -0.05) is 11.2 Å². The molecule has 0 saturated carbocycles. The molecule has 0 spiro atoms. The number of aromatic amines is 1. The minimum absolute atomic E-state index is 0.152. The zero-order chi connectivity index (χ0) is 18.0. The molecule has 3 N–H and O–H groups in total. The number of H-pyrrole nitrogens is 1. The molecule has 3 aromatic rings. The van der Waals surface area contributed by atoms with Gasteiger partial charge in [0.2, 0.25) is 5.71 Å². The van der Waals surface area contributed by atoms with Gasteiger partial charge in [0.15, 0.2) is 14.8 Å². The van der Waals surface area contributed by atoms with Crippen LogP contribution in [0.1, 0.15) is 12.6 Å².